The summed E-state index contributed by atoms with van der Waals surface area (Å²) in [6.45, 7) is 9.13. The molecule has 6 nitrogen and oxygen atoms in total. The Labute approximate surface area is 172 Å². The van der Waals surface area contributed by atoms with Gasteiger partial charge in [0.05, 0.1) is 11.4 Å². The molecule has 1 aromatic carbocycles. The number of nitrogens with one attached hydrogen (secondary N) is 1. The van der Waals surface area contributed by atoms with Crippen LogP contribution in [0.25, 0.3) is 5.69 Å². The molecule has 0 unspecified atom stereocenters. The fourth-order valence-electron chi connectivity index (χ4n) is 3.26. The van der Waals surface area contributed by atoms with Gasteiger partial charge in [-0.25, -0.2) is 0 Å². The van der Waals surface area contributed by atoms with Crippen LogP contribution in [0.4, 0.5) is 5.95 Å². The molecule has 7 heteroatoms. The molecule has 1 N–H and O–H groups in total. The summed E-state index contributed by atoms with van der Waals surface area (Å²) in [5, 5.41) is 12.7. The van der Waals surface area contributed by atoms with Crippen LogP contribution in [0.3, 0.4) is 0 Å². The van der Waals surface area contributed by atoms with Crippen LogP contribution in [0, 0.1) is 12.8 Å². The van der Waals surface area contributed by atoms with Crippen LogP contribution in [0.1, 0.15) is 45.1 Å². The lowest BCUT2D eigenvalue weighted by Gasteiger charge is -2.27. The van der Waals surface area contributed by atoms with Gasteiger partial charge >= 0.3 is 0 Å². The summed E-state index contributed by atoms with van der Waals surface area (Å²) in [6.07, 6.45) is 4.63. The number of aromatic nitrogens is 3. The summed E-state index contributed by atoms with van der Waals surface area (Å²) in [7, 11) is 0. The number of thioether (sulfide) groups is 1. The average Bonchev–Trinajstić information content (AvgIpc) is 3.11. The van der Waals surface area contributed by atoms with Crippen LogP contribution in [-0.4, -0.2) is 46.1 Å². The Morgan fingerprint density at radius 2 is 1.86 bits per heavy atom. The van der Waals surface area contributed by atoms with E-state index >= 15 is 0 Å². The molecule has 152 valence electrons. The van der Waals surface area contributed by atoms with Gasteiger partial charge in [0.2, 0.25) is 11.9 Å². The maximum absolute atomic E-state index is 12.2. The summed E-state index contributed by atoms with van der Waals surface area (Å²) in [5.74, 6) is 1.86. The fraction of sp³-hybridized carbons (Fsp3) is 0.571. The van der Waals surface area contributed by atoms with E-state index in [0.717, 1.165) is 42.8 Å². The van der Waals surface area contributed by atoms with E-state index in [1.165, 1.54) is 36.6 Å². The highest BCUT2D eigenvalue weighted by atomic mass is 32.2. The van der Waals surface area contributed by atoms with Gasteiger partial charge in [0.1, 0.15) is 0 Å². The highest BCUT2D eigenvalue weighted by molar-refractivity contribution is 7.99. The summed E-state index contributed by atoms with van der Waals surface area (Å²) < 4.78 is 2.09. The van der Waals surface area contributed by atoms with Crippen molar-refractivity contribution in [1.82, 2.24) is 20.1 Å². The molecule has 0 aliphatic carbocycles. The third-order valence-corrected chi connectivity index (χ3v) is 5.85. The number of amides is 1. The minimum atomic E-state index is 0.0450. The Hall–Kier alpha value is -2.02. The molecule has 1 aliphatic heterocycles. The lowest BCUT2D eigenvalue weighted by atomic mass is 10.1. The Kier molecular flexibility index (Phi) is 7.36. The largest absolute Gasteiger partial charge is 0.355 e. The molecule has 1 aromatic heterocycles. The van der Waals surface area contributed by atoms with Crippen molar-refractivity contribution in [1.29, 1.82) is 0 Å². The van der Waals surface area contributed by atoms with E-state index in [-0.39, 0.29) is 5.91 Å². The molecule has 2 heterocycles. The van der Waals surface area contributed by atoms with Crippen molar-refractivity contribution in [2.24, 2.45) is 5.92 Å². The molecule has 2 aromatic rings. The molecule has 0 radical (unpaired) electrons. The van der Waals surface area contributed by atoms with Crippen LogP contribution in [0.15, 0.2) is 29.4 Å². The summed E-state index contributed by atoms with van der Waals surface area (Å²) in [5.41, 5.74) is 2.26. The second-order valence-electron chi connectivity index (χ2n) is 7.82. The van der Waals surface area contributed by atoms with Gasteiger partial charge in [-0.15, -0.1) is 10.2 Å². The minimum absolute atomic E-state index is 0.0450. The number of nitrogens with zero attached hydrogens (tertiary/aromatic N) is 4. The van der Waals surface area contributed by atoms with Crippen molar-refractivity contribution >= 4 is 23.6 Å². The predicted molar refractivity (Wildman–Crippen MR) is 115 cm³/mol. The zero-order valence-corrected chi connectivity index (χ0v) is 18.0. The lowest BCUT2D eigenvalue weighted by Crippen LogP contribution is -2.31. The normalized spacial score (nSPS) is 14.5. The van der Waals surface area contributed by atoms with Gasteiger partial charge in [0.25, 0.3) is 0 Å². The average molecular weight is 402 g/mol. The van der Waals surface area contributed by atoms with E-state index in [1.807, 2.05) is 0 Å². The first-order valence-corrected chi connectivity index (χ1v) is 11.2. The van der Waals surface area contributed by atoms with Crippen LogP contribution in [0.2, 0.25) is 0 Å². The molecule has 1 fully saturated rings. The van der Waals surface area contributed by atoms with Crippen LogP contribution in [0.5, 0.6) is 0 Å². The maximum atomic E-state index is 12.2. The molecular weight excluding hydrogens is 370 g/mol. The van der Waals surface area contributed by atoms with Gasteiger partial charge in [-0.05, 0) is 50.7 Å². The third-order valence-electron chi connectivity index (χ3n) is 4.92. The monoisotopic (exact) mass is 401 g/mol. The Bertz CT molecular complexity index is 766. The minimum Gasteiger partial charge on any atom is -0.355 e. The number of carbonyl (C=O) groups is 1. The molecule has 0 bridgehead atoms. The highest BCUT2D eigenvalue weighted by Crippen LogP contribution is 2.28. The molecule has 28 heavy (non-hydrogen) atoms. The molecule has 0 atom stereocenters. The van der Waals surface area contributed by atoms with Gasteiger partial charge in [-0.3, -0.25) is 9.36 Å². The standard InChI is InChI=1S/C21H31N5OS/c1-16(2)11-12-22-19(27)15-28-21-24-23-20(25-13-5-4-6-14-25)26(21)18-9-7-17(3)8-10-18/h7-10,16H,4-6,11-15H2,1-3H3,(H,22,27). The van der Waals surface area contributed by atoms with Crippen LogP contribution in [-0.2, 0) is 4.79 Å². The van der Waals surface area contributed by atoms with Gasteiger partial charge in [-0.1, -0.05) is 43.3 Å². The molecule has 1 saturated heterocycles. The van der Waals surface area contributed by atoms with Gasteiger partial charge in [0, 0.05) is 19.6 Å². The first kappa shape index (κ1) is 20.7. The summed E-state index contributed by atoms with van der Waals surface area (Å²) >= 11 is 1.45. The van der Waals surface area contributed by atoms with Crippen molar-refractivity contribution in [3.8, 4) is 5.69 Å². The zero-order chi connectivity index (χ0) is 19.9. The Balaban J connectivity index is 1.75. The van der Waals surface area contributed by atoms with Crippen molar-refractivity contribution < 1.29 is 4.79 Å². The van der Waals surface area contributed by atoms with Gasteiger partial charge in [-0.2, -0.15) is 0 Å². The molecule has 1 amide bonds. The van der Waals surface area contributed by atoms with E-state index in [2.05, 4.69) is 70.0 Å². The van der Waals surface area contributed by atoms with Gasteiger partial charge in [0.15, 0.2) is 5.16 Å². The first-order valence-electron chi connectivity index (χ1n) is 10.2. The van der Waals surface area contributed by atoms with Crippen LogP contribution >= 0.6 is 11.8 Å². The smallest absolute Gasteiger partial charge is 0.232 e. The SMILES string of the molecule is Cc1ccc(-n2c(SCC(=O)NCCC(C)C)nnc2N2CCCCC2)cc1. The Morgan fingerprint density at radius 3 is 2.54 bits per heavy atom. The second-order valence-corrected chi connectivity index (χ2v) is 8.76. The van der Waals surface area contributed by atoms with E-state index in [9.17, 15) is 4.79 Å². The highest BCUT2D eigenvalue weighted by Gasteiger charge is 2.22. The third kappa shape index (κ3) is 5.50. The zero-order valence-electron chi connectivity index (χ0n) is 17.1. The number of piperidine rings is 1. The molecular formula is C21H31N5OS. The van der Waals surface area contributed by atoms with Crippen molar-refractivity contribution in [3.63, 3.8) is 0 Å². The predicted octanol–water partition coefficient (Wildman–Crippen LogP) is 3.82. The van der Waals surface area contributed by atoms with Crippen molar-refractivity contribution in [2.75, 3.05) is 30.3 Å². The maximum Gasteiger partial charge on any atom is 0.232 e. The van der Waals surface area contributed by atoms with E-state index in [0.29, 0.717) is 11.7 Å². The van der Waals surface area contributed by atoms with E-state index in [1.54, 1.807) is 0 Å². The van der Waals surface area contributed by atoms with Gasteiger partial charge < -0.3 is 10.2 Å². The molecule has 0 spiro atoms. The van der Waals surface area contributed by atoms with Crippen molar-refractivity contribution in [2.45, 2.75) is 51.6 Å². The van der Waals surface area contributed by atoms with Crippen LogP contribution < -0.4 is 10.2 Å². The fourth-order valence-corrected chi connectivity index (χ4v) is 4.03. The number of carbonyl (C=O) groups excluding carboxylic acids is 1. The number of hydrogen-bond acceptors (Lipinski definition) is 5. The number of rotatable bonds is 8. The number of benzene rings is 1. The molecule has 1 aliphatic rings. The van der Waals surface area contributed by atoms with E-state index < -0.39 is 0 Å². The quantitative estimate of drug-likeness (QED) is 0.681. The molecule has 3 rings (SSSR count). The Morgan fingerprint density at radius 1 is 1.14 bits per heavy atom. The van der Waals surface area contributed by atoms with E-state index in [4.69, 9.17) is 0 Å². The first-order chi connectivity index (χ1) is 13.5. The number of anilines is 1. The lowest BCUT2D eigenvalue weighted by molar-refractivity contribution is -0.118. The summed E-state index contributed by atoms with van der Waals surface area (Å²) in [6, 6.07) is 8.39. The number of hydrogen-bond donors (Lipinski definition) is 1. The molecule has 0 saturated carbocycles. The topological polar surface area (TPSA) is 63.1 Å². The summed E-state index contributed by atoms with van der Waals surface area (Å²) in [4.78, 5) is 14.5. The number of aryl methyl sites for hydroxylation is 1. The van der Waals surface area contributed by atoms with Crippen molar-refractivity contribution in [3.05, 3.63) is 29.8 Å². The second kappa shape index (κ2) is 9.96.